The van der Waals surface area contributed by atoms with Gasteiger partial charge in [0.05, 0.1) is 0 Å². The van der Waals surface area contributed by atoms with E-state index in [0.717, 1.165) is 76.8 Å². The summed E-state index contributed by atoms with van der Waals surface area (Å²) in [7, 11) is 2.31. The molecule has 0 radical (unpaired) electrons. The van der Waals surface area contributed by atoms with Crippen LogP contribution in [0.1, 0.15) is 58.3 Å². The van der Waals surface area contributed by atoms with Gasteiger partial charge >= 0.3 is 0 Å². The largest absolute Gasteiger partial charge is 0.381 e. The van der Waals surface area contributed by atoms with Gasteiger partial charge in [-0.2, -0.15) is 0 Å². The van der Waals surface area contributed by atoms with Crippen LogP contribution in [0.25, 0.3) is 0 Å². The second-order valence-corrected chi connectivity index (χ2v) is 8.46. The zero-order chi connectivity index (χ0) is 18.9. The lowest BCUT2D eigenvalue weighted by Gasteiger charge is -2.47. The Labute approximate surface area is 188 Å². The first-order valence-electron chi connectivity index (χ1n) is 11.2. The molecule has 3 rings (SSSR count). The summed E-state index contributed by atoms with van der Waals surface area (Å²) in [6.45, 7) is 7.34. The molecular formula is C21H41IN4O2. The highest BCUT2D eigenvalue weighted by Crippen LogP contribution is 2.32. The van der Waals surface area contributed by atoms with E-state index in [2.05, 4.69) is 29.5 Å². The molecule has 3 fully saturated rings. The second-order valence-electron chi connectivity index (χ2n) is 8.46. The van der Waals surface area contributed by atoms with Crippen LogP contribution in [0.3, 0.4) is 0 Å². The number of nitrogens with one attached hydrogen (secondary N) is 2. The minimum Gasteiger partial charge on any atom is -0.381 e. The van der Waals surface area contributed by atoms with Crippen molar-refractivity contribution in [2.45, 2.75) is 76.4 Å². The van der Waals surface area contributed by atoms with Crippen molar-refractivity contribution >= 4 is 29.9 Å². The Morgan fingerprint density at radius 2 is 1.86 bits per heavy atom. The molecule has 2 N–H and O–H groups in total. The van der Waals surface area contributed by atoms with Gasteiger partial charge in [0.15, 0.2) is 5.96 Å². The van der Waals surface area contributed by atoms with E-state index in [-0.39, 0.29) is 24.0 Å². The van der Waals surface area contributed by atoms with E-state index in [4.69, 9.17) is 14.5 Å². The van der Waals surface area contributed by atoms with Crippen molar-refractivity contribution in [3.63, 3.8) is 0 Å². The van der Waals surface area contributed by atoms with Crippen molar-refractivity contribution in [2.24, 2.45) is 10.9 Å². The maximum absolute atomic E-state index is 5.86. The van der Waals surface area contributed by atoms with Crippen LogP contribution in [0.15, 0.2) is 4.99 Å². The summed E-state index contributed by atoms with van der Waals surface area (Å²) in [5, 5.41) is 7.13. The summed E-state index contributed by atoms with van der Waals surface area (Å²) in [6.07, 6.45) is 9.85. The van der Waals surface area contributed by atoms with Gasteiger partial charge in [0, 0.05) is 57.6 Å². The van der Waals surface area contributed by atoms with Crippen molar-refractivity contribution in [1.82, 2.24) is 15.5 Å². The van der Waals surface area contributed by atoms with Gasteiger partial charge in [-0.15, -0.1) is 24.0 Å². The quantitative estimate of drug-likeness (QED) is 0.229. The van der Waals surface area contributed by atoms with E-state index in [0.29, 0.717) is 12.0 Å². The molecule has 0 aromatic carbocycles. The van der Waals surface area contributed by atoms with Crippen molar-refractivity contribution in [2.75, 3.05) is 46.6 Å². The molecule has 3 saturated heterocycles. The molecule has 0 spiro atoms. The summed E-state index contributed by atoms with van der Waals surface area (Å²) in [5.41, 5.74) is 0. The SMILES string of the molecule is CCNC(=NCCCOCC1CCOCC1)NC1CC2CCCC(C1)N2C.I. The first kappa shape index (κ1) is 24.2. The first-order chi connectivity index (χ1) is 13.3. The van der Waals surface area contributed by atoms with E-state index in [1.54, 1.807) is 0 Å². The molecule has 2 unspecified atom stereocenters. The number of halogens is 1. The van der Waals surface area contributed by atoms with E-state index < -0.39 is 0 Å². The van der Waals surface area contributed by atoms with Gasteiger partial charge in [-0.3, -0.25) is 4.99 Å². The lowest BCUT2D eigenvalue weighted by atomic mass is 9.82. The average Bonchev–Trinajstić information content (AvgIpc) is 2.66. The predicted octanol–water partition coefficient (Wildman–Crippen LogP) is 3.01. The van der Waals surface area contributed by atoms with E-state index >= 15 is 0 Å². The van der Waals surface area contributed by atoms with E-state index in [9.17, 15) is 0 Å². The number of rotatable bonds is 8. The summed E-state index contributed by atoms with van der Waals surface area (Å²) in [6, 6.07) is 2.05. The Morgan fingerprint density at radius 3 is 2.54 bits per heavy atom. The van der Waals surface area contributed by atoms with E-state index in [1.165, 1.54) is 32.1 Å². The van der Waals surface area contributed by atoms with Gasteiger partial charge in [0.1, 0.15) is 0 Å². The summed E-state index contributed by atoms with van der Waals surface area (Å²) >= 11 is 0. The van der Waals surface area contributed by atoms with E-state index in [1.807, 2.05) is 0 Å². The Morgan fingerprint density at radius 1 is 1.14 bits per heavy atom. The number of guanidine groups is 1. The van der Waals surface area contributed by atoms with Crippen LogP contribution >= 0.6 is 24.0 Å². The lowest BCUT2D eigenvalue weighted by Crippen LogP contribution is -2.56. The molecule has 28 heavy (non-hydrogen) atoms. The molecule has 164 valence electrons. The maximum atomic E-state index is 5.86. The Balaban J connectivity index is 0.00000280. The van der Waals surface area contributed by atoms with Gasteiger partial charge in [0.2, 0.25) is 0 Å². The van der Waals surface area contributed by atoms with Gasteiger partial charge in [-0.25, -0.2) is 0 Å². The molecular weight excluding hydrogens is 467 g/mol. The third-order valence-electron chi connectivity index (χ3n) is 6.44. The molecule has 3 heterocycles. The van der Waals surface area contributed by atoms with Crippen molar-refractivity contribution in [3.05, 3.63) is 0 Å². The number of aliphatic imine (C=N–C) groups is 1. The fraction of sp³-hybridized carbons (Fsp3) is 0.952. The van der Waals surface area contributed by atoms with Crippen LogP contribution in [0.2, 0.25) is 0 Å². The van der Waals surface area contributed by atoms with Crippen LogP contribution in [-0.4, -0.2) is 75.5 Å². The smallest absolute Gasteiger partial charge is 0.191 e. The lowest BCUT2D eigenvalue weighted by molar-refractivity contribution is 0.0205. The fourth-order valence-electron chi connectivity index (χ4n) is 4.77. The number of piperidine rings is 2. The minimum atomic E-state index is 0. The van der Waals surface area contributed by atoms with Gasteiger partial charge in [-0.1, -0.05) is 6.42 Å². The van der Waals surface area contributed by atoms with Crippen LogP contribution in [-0.2, 0) is 9.47 Å². The molecule has 6 nitrogen and oxygen atoms in total. The Hall–Kier alpha value is -0.120. The molecule has 0 amide bonds. The van der Waals surface area contributed by atoms with Crippen molar-refractivity contribution in [3.8, 4) is 0 Å². The second kappa shape index (κ2) is 13.2. The Kier molecular flexibility index (Phi) is 11.4. The van der Waals surface area contributed by atoms with Gasteiger partial charge < -0.3 is 25.0 Å². The number of nitrogens with zero attached hydrogens (tertiary/aromatic N) is 2. The highest BCUT2D eigenvalue weighted by atomic mass is 127. The first-order valence-corrected chi connectivity index (χ1v) is 11.2. The minimum absolute atomic E-state index is 0. The summed E-state index contributed by atoms with van der Waals surface area (Å²) in [5.74, 6) is 1.67. The van der Waals surface area contributed by atoms with Gasteiger partial charge in [-0.05, 0) is 64.8 Å². The Bertz CT molecular complexity index is 446. The van der Waals surface area contributed by atoms with Crippen LogP contribution in [0, 0.1) is 5.92 Å². The third kappa shape index (κ3) is 7.61. The molecule has 0 aromatic rings. The topological polar surface area (TPSA) is 58.1 Å². The highest BCUT2D eigenvalue weighted by Gasteiger charge is 2.36. The molecule has 0 aliphatic carbocycles. The maximum Gasteiger partial charge on any atom is 0.191 e. The third-order valence-corrected chi connectivity index (χ3v) is 6.44. The number of hydrogen-bond donors (Lipinski definition) is 2. The predicted molar refractivity (Wildman–Crippen MR) is 126 cm³/mol. The molecule has 2 atom stereocenters. The molecule has 3 aliphatic rings. The summed E-state index contributed by atoms with van der Waals surface area (Å²) < 4.78 is 11.3. The standard InChI is InChI=1S/C21H40N4O2.HI/c1-3-22-21(23-10-5-11-27-16-17-8-12-26-13-9-17)24-18-14-19-6-4-7-20(15-18)25(19)2;/h17-20H,3-16H2,1-2H3,(H2,22,23,24);1H. The molecule has 0 saturated carbocycles. The monoisotopic (exact) mass is 508 g/mol. The number of ether oxygens (including phenoxy) is 2. The normalized spacial score (nSPS) is 29.2. The highest BCUT2D eigenvalue weighted by molar-refractivity contribution is 14.0. The van der Waals surface area contributed by atoms with Crippen molar-refractivity contribution in [1.29, 1.82) is 0 Å². The van der Waals surface area contributed by atoms with Crippen LogP contribution < -0.4 is 10.6 Å². The molecule has 2 bridgehead atoms. The fourth-order valence-corrected chi connectivity index (χ4v) is 4.77. The number of hydrogen-bond acceptors (Lipinski definition) is 4. The average molecular weight is 508 g/mol. The molecule has 7 heteroatoms. The zero-order valence-corrected chi connectivity index (χ0v) is 20.2. The van der Waals surface area contributed by atoms with Gasteiger partial charge in [0.25, 0.3) is 0 Å². The zero-order valence-electron chi connectivity index (χ0n) is 17.8. The summed E-state index contributed by atoms with van der Waals surface area (Å²) in [4.78, 5) is 7.40. The molecule has 0 aromatic heterocycles. The van der Waals surface area contributed by atoms with Crippen molar-refractivity contribution < 1.29 is 9.47 Å². The number of fused-ring (bicyclic) bond motifs is 2. The van der Waals surface area contributed by atoms with Crippen LogP contribution in [0.4, 0.5) is 0 Å². The molecule has 3 aliphatic heterocycles. The van der Waals surface area contributed by atoms with Crippen LogP contribution in [0.5, 0.6) is 0 Å².